The molecule has 0 radical (unpaired) electrons. The topological polar surface area (TPSA) is 81.3 Å². The number of carbonyl (C=O) groups is 1. The summed E-state index contributed by atoms with van der Waals surface area (Å²) < 4.78 is 5.12. The van der Waals surface area contributed by atoms with Gasteiger partial charge in [0.1, 0.15) is 0 Å². The van der Waals surface area contributed by atoms with Crippen LogP contribution in [0.3, 0.4) is 0 Å². The summed E-state index contributed by atoms with van der Waals surface area (Å²) in [4.78, 5) is 13.8. The van der Waals surface area contributed by atoms with Gasteiger partial charge in [0.25, 0.3) is 5.91 Å². The highest BCUT2D eigenvalue weighted by molar-refractivity contribution is 7.16. The molecule has 7 heteroatoms. The van der Waals surface area contributed by atoms with Crippen LogP contribution >= 0.6 is 11.3 Å². The smallest absolute Gasteiger partial charge is 0.284 e. The summed E-state index contributed by atoms with van der Waals surface area (Å²) >= 11 is 1.14. The number of ether oxygens (including phenoxy) is 1. The Morgan fingerprint density at radius 3 is 2.76 bits per heavy atom. The normalized spacial score (nSPS) is 17.4. The van der Waals surface area contributed by atoms with Crippen molar-refractivity contribution in [1.82, 2.24) is 15.1 Å². The van der Waals surface area contributed by atoms with Crippen molar-refractivity contribution in [3.05, 3.63) is 5.01 Å². The maximum absolute atomic E-state index is 12.0. The Labute approximate surface area is 104 Å². The summed E-state index contributed by atoms with van der Waals surface area (Å²) in [5, 5.41) is 8.15. The van der Waals surface area contributed by atoms with Crippen LogP contribution in [0.25, 0.3) is 0 Å². The maximum atomic E-state index is 12.0. The van der Waals surface area contributed by atoms with Crippen molar-refractivity contribution in [2.75, 3.05) is 32.5 Å². The van der Waals surface area contributed by atoms with Crippen LogP contribution in [0.2, 0.25) is 0 Å². The summed E-state index contributed by atoms with van der Waals surface area (Å²) in [5.74, 6) is 0.499. The number of anilines is 1. The number of nitrogens with two attached hydrogens (primary N) is 1. The van der Waals surface area contributed by atoms with Gasteiger partial charge in [0, 0.05) is 26.8 Å². The molecule has 6 nitrogen and oxygen atoms in total. The van der Waals surface area contributed by atoms with E-state index in [1.807, 2.05) is 4.90 Å². The van der Waals surface area contributed by atoms with Crippen molar-refractivity contribution in [3.8, 4) is 0 Å². The maximum Gasteiger partial charge on any atom is 0.284 e. The zero-order valence-electron chi connectivity index (χ0n) is 9.76. The summed E-state index contributed by atoms with van der Waals surface area (Å²) in [7, 11) is 1.71. The first-order valence-corrected chi connectivity index (χ1v) is 6.39. The minimum Gasteiger partial charge on any atom is -0.384 e. The van der Waals surface area contributed by atoms with Gasteiger partial charge >= 0.3 is 0 Å². The van der Waals surface area contributed by atoms with Crippen LogP contribution in [-0.2, 0) is 4.74 Å². The molecule has 0 spiro atoms. The van der Waals surface area contributed by atoms with Crippen molar-refractivity contribution in [3.63, 3.8) is 0 Å². The first-order chi connectivity index (χ1) is 8.20. The third kappa shape index (κ3) is 2.92. The highest BCUT2D eigenvalue weighted by Gasteiger charge is 2.25. The molecule has 94 valence electrons. The van der Waals surface area contributed by atoms with Gasteiger partial charge in [0.2, 0.25) is 10.1 Å². The molecule has 2 heterocycles. The second-order valence-corrected chi connectivity index (χ2v) is 5.15. The van der Waals surface area contributed by atoms with Crippen molar-refractivity contribution in [2.45, 2.75) is 12.8 Å². The van der Waals surface area contributed by atoms with Gasteiger partial charge in [0.05, 0.1) is 0 Å². The molecule has 0 unspecified atom stereocenters. The van der Waals surface area contributed by atoms with Crippen molar-refractivity contribution in [2.24, 2.45) is 5.92 Å². The lowest BCUT2D eigenvalue weighted by molar-refractivity contribution is 0.0612. The number of piperidine rings is 1. The monoisotopic (exact) mass is 256 g/mol. The van der Waals surface area contributed by atoms with Gasteiger partial charge in [-0.3, -0.25) is 4.79 Å². The predicted octanol–water partition coefficient (Wildman–Crippen LogP) is 0.619. The van der Waals surface area contributed by atoms with Gasteiger partial charge in [-0.25, -0.2) is 0 Å². The molecular weight excluding hydrogens is 240 g/mol. The molecule has 1 aromatic rings. The molecule has 17 heavy (non-hydrogen) atoms. The highest BCUT2D eigenvalue weighted by Crippen LogP contribution is 2.20. The van der Waals surface area contributed by atoms with Crippen LogP contribution in [-0.4, -0.2) is 47.8 Å². The van der Waals surface area contributed by atoms with E-state index >= 15 is 0 Å². The molecule has 0 bridgehead atoms. The summed E-state index contributed by atoms with van der Waals surface area (Å²) in [6.45, 7) is 2.28. The van der Waals surface area contributed by atoms with E-state index in [1.54, 1.807) is 7.11 Å². The molecule has 1 fully saturated rings. The van der Waals surface area contributed by atoms with E-state index < -0.39 is 0 Å². The highest BCUT2D eigenvalue weighted by atomic mass is 32.1. The number of rotatable bonds is 3. The Morgan fingerprint density at radius 2 is 2.24 bits per heavy atom. The van der Waals surface area contributed by atoms with Gasteiger partial charge in [-0.15, -0.1) is 10.2 Å². The summed E-state index contributed by atoms with van der Waals surface area (Å²) in [5.41, 5.74) is 5.47. The van der Waals surface area contributed by atoms with Gasteiger partial charge in [-0.05, 0) is 18.8 Å². The minimum absolute atomic E-state index is 0.0601. The Hall–Kier alpha value is -1.21. The van der Waals surface area contributed by atoms with Crippen LogP contribution in [0.15, 0.2) is 0 Å². The van der Waals surface area contributed by atoms with Crippen LogP contribution in [0.4, 0.5) is 5.13 Å². The molecule has 1 amide bonds. The number of amides is 1. The van der Waals surface area contributed by atoms with Crippen molar-refractivity contribution >= 4 is 22.4 Å². The summed E-state index contributed by atoms with van der Waals surface area (Å²) in [6.07, 6.45) is 1.96. The standard InChI is InChI=1S/C10H16N4O2S/c1-16-6-7-2-4-14(5-3-7)9(15)8-12-13-10(11)17-8/h7H,2-6H2,1H3,(H2,11,13). The molecule has 0 aliphatic carbocycles. The van der Waals surface area contributed by atoms with E-state index in [0.717, 1.165) is 43.9 Å². The number of nitrogens with zero attached hydrogens (tertiary/aromatic N) is 3. The molecule has 1 aromatic heterocycles. The van der Waals surface area contributed by atoms with Crippen LogP contribution in [0, 0.1) is 5.92 Å². The molecule has 1 saturated heterocycles. The number of methoxy groups -OCH3 is 1. The predicted molar refractivity (Wildman–Crippen MR) is 64.8 cm³/mol. The molecule has 0 saturated carbocycles. The van der Waals surface area contributed by atoms with Crippen molar-refractivity contribution in [1.29, 1.82) is 0 Å². The fourth-order valence-corrected chi connectivity index (χ4v) is 2.57. The van der Waals surface area contributed by atoms with Gasteiger partial charge < -0.3 is 15.4 Å². The lowest BCUT2D eigenvalue weighted by Gasteiger charge is -2.30. The first-order valence-electron chi connectivity index (χ1n) is 5.58. The number of likely N-dealkylation sites (tertiary alicyclic amines) is 1. The van der Waals surface area contributed by atoms with Crippen molar-refractivity contribution < 1.29 is 9.53 Å². The number of aromatic nitrogens is 2. The zero-order valence-corrected chi connectivity index (χ0v) is 10.6. The fourth-order valence-electron chi connectivity index (χ4n) is 1.99. The van der Waals surface area contributed by atoms with Crippen LogP contribution in [0.5, 0.6) is 0 Å². The van der Waals surface area contributed by atoms with Gasteiger partial charge in [-0.1, -0.05) is 11.3 Å². The third-order valence-electron chi connectivity index (χ3n) is 2.93. The molecule has 0 atom stereocenters. The molecule has 2 N–H and O–H groups in total. The third-order valence-corrected chi connectivity index (χ3v) is 3.67. The Kier molecular flexibility index (Phi) is 3.90. The van der Waals surface area contributed by atoms with E-state index in [-0.39, 0.29) is 5.91 Å². The van der Waals surface area contributed by atoms with E-state index in [4.69, 9.17) is 10.5 Å². The van der Waals surface area contributed by atoms with E-state index in [0.29, 0.717) is 16.1 Å². The Balaban J connectivity index is 1.90. The molecule has 0 aromatic carbocycles. The lowest BCUT2D eigenvalue weighted by Crippen LogP contribution is -2.39. The van der Waals surface area contributed by atoms with Gasteiger partial charge in [-0.2, -0.15) is 0 Å². The number of hydrogen-bond acceptors (Lipinski definition) is 6. The number of carbonyl (C=O) groups excluding carboxylic acids is 1. The number of nitrogen functional groups attached to an aromatic ring is 1. The summed E-state index contributed by atoms with van der Waals surface area (Å²) in [6, 6.07) is 0. The van der Waals surface area contributed by atoms with E-state index in [2.05, 4.69) is 10.2 Å². The lowest BCUT2D eigenvalue weighted by atomic mass is 9.98. The largest absolute Gasteiger partial charge is 0.384 e. The zero-order chi connectivity index (χ0) is 12.3. The van der Waals surface area contributed by atoms with Crippen LogP contribution < -0.4 is 5.73 Å². The second-order valence-electron chi connectivity index (χ2n) is 4.14. The SMILES string of the molecule is COCC1CCN(C(=O)c2nnc(N)s2)CC1. The first kappa shape index (κ1) is 12.3. The fraction of sp³-hybridized carbons (Fsp3) is 0.700. The Bertz CT molecular complexity index is 387. The van der Waals surface area contributed by atoms with E-state index in [9.17, 15) is 4.79 Å². The molecule has 1 aliphatic rings. The quantitative estimate of drug-likeness (QED) is 0.857. The molecule has 2 rings (SSSR count). The van der Waals surface area contributed by atoms with E-state index in [1.165, 1.54) is 0 Å². The number of hydrogen-bond donors (Lipinski definition) is 1. The van der Waals surface area contributed by atoms with Gasteiger partial charge in [0.15, 0.2) is 0 Å². The molecule has 1 aliphatic heterocycles. The average molecular weight is 256 g/mol. The average Bonchev–Trinajstić information content (AvgIpc) is 2.76. The Morgan fingerprint density at radius 1 is 1.53 bits per heavy atom. The minimum atomic E-state index is -0.0601. The second kappa shape index (κ2) is 5.42. The van der Waals surface area contributed by atoms with Crippen LogP contribution in [0.1, 0.15) is 22.6 Å². The molecular formula is C10H16N4O2S.